The summed E-state index contributed by atoms with van der Waals surface area (Å²) >= 11 is 0. The maximum atomic E-state index is 12.7. The molecule has 1 saturated heterocycles. The number of methoxy groups -OCH3 is 1. The smallest absolute Gasteiger partial charge is 0.331 e. The molecule has 9 unspecified atom stereocenters. The van der Waals surface area contributed by atoms with Gasteiger partial charge >= 0.3 is 11.9 Å². The van der Waals surface area contributed by atoms with Crippen LogP contribution in [0.2, 0.25) is 0 Å². The summed E-state index contributed by atoms with van der Waals surface area (Å²) in [5.41, 5.74) is -0.559. The summed E-state index contributed by atoms with van der Waals surface area (Å²) < 4.78 is 29.1. The molecule has 2 aliphatic heterocycles. The molecular weight excluding hydrogens is 528 g/mol. The number of esters is 2. The Morgan fingerprint density at radius 2 is 1.85 bits per heavy atom. The SMILES string of the molecule is COC1C[C@H](OC2CCC3(C)[C@H](CC[C@@H]4[C@@H]3CCC3(C)C(C5=CC(=O)OC5)C(OC(C)=O)CC43O)C2)OC(C)C1O. The van der Waals surface area contributed by atoms with Crippen molar-refractivity contribution < 1.29 is 43.5 Å². The number of aliphatic hydroxyl groups is 2. The van der Waals surface area contributed by atoms with E-state index < -0.39 is 23.2 Å². The summed E-state index contributed by atoms with van der Waals surface area (Å²) in [7, 11) is 1.62. The Morgan fingerprint density at radius 3 is 2.54 bits per heavy atom. The second-order valence-corrected chi connectivity index (χ2v) is 14.3. The van der Waals surface area contributed by atoms with Gasteiger partial charge in [0.25, 0.3) is 0 Å². The highest BCUT2D eigenvalue weighted by atomic mass is 16.7. The van der Waals surface area contributed by atoms with E-state index in [2.05, 4.69) is 13.8 Å². The van der Waals surface area contributed by atoms with E-state index in [4.69, 9.17) is 23.7 Å². The van der Waals surface area contributed by atoms with Crippen LogP contribution in [0.3, 0.4) is 0 Å². The summed E-state index contributed by atoms with van der Waals surface area (Å²) in [6, 6.07) is 0. The third-order valence-electron chi connectivity index (χ3n) is 12.5. The average molecular weight is 577 g/mol. The van der Waals surface area contributed by atoms with E-state index in [0.717, 1.165) is 50.5 Å². The third-order valence-corrected chi connectivity index (χ3v) is 12.5. The fraction of sp³-hybridized carbons (Fsp3) is 0.875. The molecule has 6 rings (SSSR count). The Morgan fingerprint density at radius 1 is 1.07 bits per heavy atom. The van der Waals surface area contributed by atoms with Crippen molar-refractivity contribution in [3.8, 4) is 0 Å². The molecule has 9 nitrogen and oxygen atoms in total. The molecule has 0 spiro atoms. The molecule has 13 atom stereocenters. The molecule has 2 N–H and O–H groups in total. The van der Waals surface area contributed by atoms with Gasteiger partial charge in [0, 0.05) is 44.3 Å². The van der Waals surface area contributed by atoms with Gasteiger partial charge in [-0.1, -0.05) is 13.8 Å². The Balaban J connectivity index is 1.19. The quantitative estimate of drug-likeness (QED) is 0.373. The minimum atomic E-state index is -0.990. The Hall–Kier alpha value is -1.52. The Labute approximate surface area is 243 Å². The summed E-state index contributed by atoms with van der Waals surface area (Å²) in [6.07, 6.45) is 7.14. The number of fused-ring (bicyclic) bond motifs is 5. The van der Waals surface area contributed by atoms with Gasteiger partial charge in [0.05, 0.1) is 23.9 Å². The number of rotatable bonds is 5. The molecule has 4 aliphatic carbocycles. The highest BCUT2D eigenvalue weighted by Crippen LogP contribution is 2.70. The number of hydrogen-bond donors (Lipinski definition) is 2. The summed E-state index contributed by atoms with van der Waals surface area (Å²) in [5.74, 6) is 0.0175. The predicted molar refractivity (Wildman–Crippen MR) is 147 cm³/mol. The van der Waals surface area contributed by atoms with Crippen LogP contribution in [-0.2, 0) is 33.3 Å². The van der Waals surface area contributed by atoms with Crippen molar-refractivity contribution in [2.75, 3.05) is 13.7 Å². The van der Waals surface area contributed by atoms with Crippen LogP contribution >= 0.6 is 0 Å². The van der Waals surface area contributed by atoms with Crippen LogP contribution in [-0.4, -0.2) is 78.3 Å². The first-order valence-corrected chi connectivity index (χ1v) is 15.7. The van der Waals surface area contributed by atoms with Crippen molar-refractivity contribution in [2.45, 2.75) is 128 Å². The lowest BCUT2D eigenvalue weighted by atomic mass is 9.43. The standard InChI is InChI=1S/C32H48O9/c1-17-29(35)24(37-5)14-27(39-17)41-21-8-10-30(3)20(13-21)6-7-23-22(30)9-11-31(4)28(19-12-26(34)38-16-19)25(40-18(2)33)15-32(23,31)36/h12,17,20-25,27-29,35-36H,6-11,13-16H2,1-5H3/t17?,20-,21?,22+,23-,24?,25?,27+,28?,29?,30?,31?,32?/m1/s1. The van der Waals surface area contributed by atoms with Crippen LogP contribution in [0.15, 0.2) is 11.6 Å². The van der Waals surface area contributed by atoms with Gasteiger partial charge in [0.1, 0.15) is 18.8 Å². The monoisotopic (exact) mass is 576 g/mol. The van der Waals surface area contributed by atoms with Gasteiger partial charge in [-0.15, -0.1) is 0 Å². The fourth-order valence-corrected chi connectivity index (χ4v) is 10.4. The molecule has 0 radical (unpaired) electrons. The minimum absolute atomic E-state index is 0.0898. The zero-order chi connectivity index (χ0) is 29.3. The molecule has 0 aromatic heterocycles. The molecule has 230 valence electrons. The van der Waals surface area contributed by atoms with E-state index in [1.807, 2.05) is 6.92 Å². The van der Waals surface area contributed by atoms with Crippen molar-refractivity contribution >= 4 is 11.9 Å². The van der Waals surface area contributed by atoms with Crippen LogP contribution in [0, 0.1) is 34.5 Å². The summed E-state index contributed by atoms with van der Waals surface area (Å²) in [6.45, 7) is 8.06. The molecular formula is C32H48O9. The maximum absolute atomic E-state index is 12.7. The molecule has 0 amide bonds. The fourth-order valence-electron chi connectivity index (χ4n) is 10.4. The van der Waals surface area contributed by atoms with Crippen molar-refractivity contribution in [2.24, 2.45) is 34.5 Å². The van der Waals surface area contributed by atoms with Gasteiger partial charge in [-0.2, -0.15) is 0 Å². The highest BCUT2D eigenvalue weighted by molar-refractivity contribution is 5.85. The van der Waals surface area contributed by atoms with E-state index in [1.165, 1.54) is 6.92 Å². The number of carbonyl (C=O) groups excluding carboxylic acids is 2. The Bertz CT molecular complexity index is 1080. The normalized spacial score (nSPS) is 51.2. The average Bonchev–Trinajstić information content (AvgIpc) is 3.42. The molecule has 0 aromatic carbocycles. The zero-order valence-corrected chi connectivity index (χ0v) is 25.2. The lowest BCUT2D eigenvalue weighted by Crippen LogP contribution is -2.62. The lowest BCUT2D eigenvalue weighted by Gasteiger charge is -2.63. The zero-order valence-electron chi connectivity index (χ0n) is 25.2. The van der Waals surface area contributed by atoms with Gasteiger partial charge in [0.2, 0.25) is 0 Å². The van der Waals surface area contributed by atoms with Crippen molar-refractivity contribution in [1.82, 2.24) is 0 Å². The second-order valence-electron chi connectivity index (χ2n) is 14.3. The van der Waals surface area contributed by atoms with Crippen molar-refractivity contribution in [1.29, 1.82) is 0 Å². The first-order valence-electron chi connectivity index (χ1n) is 15.7. The van der Waals surface area contributed by atoms with Gasteiger partial charge in [0.15, 0.2) is 6.29 Å². The molecule has 5 fully saturated rings. The molecule has 2 heterocycles. The van der Waals surface area contributed by atoms with Crippen LogP contribution < -0.4 is 0 Å². The van der Waals surface area contributed by atoms with E-state index >= 15 is 0 Å². The van der Waals surface area contributed by atoms with E-state index in [1.54, 1.807) is 13.2 Å². The Kier molecular flexibility index (Phi) is 7.62. The summed E-state index contributed by atoms with van der Waals surface area (Å²) in [4.78, 5) is 24.2. The van der Waals surface area contributed by atoms with E-state index in [-0.39, 0.29) is 60.4 Å². The van der Waals surface area contributed by atoms with E-state index in [0.29, 0.717) is 24.7 Å². The van der Waals surface area contributed by atoms with Gasteiger partial charge < -0.3 is 33.9 Å². The van der Waals surface area contributed by atoms with Crippen LogP contribution in [0.1, 0.15) is 85.5 Å². The first-order chi connectivity index (χ1) is 19.4. The number of cyclic esters (lactones) is 1. The number of ether oxygens (including phenoxy) is 5. The lowest BCUT2D eigenvalue weighted by molar-refractivity contribution is -0.273. The molecule has 0 aromatic rings. The maximum Gasteiger partial charge on any atom is 0.331 e. The number of carbonyl (C=O) groups is 2. The van der Waals surface area contributed by atoms with Crippen LogP contribution in [0.5, 0.6) is 0 Å². The second kappa shape index (κ2) is 10.6. The van der Waals surface area contributed by atoms with E-state index in [9.17, 15) is 19.8 Å². The summed E-state index contributed by atoms with van der Waals surface area (Å²) in [5, 5.41) is 23.0. The highest BCUT2D eigenvalue weighted by Gasteiger charge is 2.71. The molecule has 6 aliphatic rings. The molecule has 9 heteroatoms. The van der Waals surface area contributed by atoms with Gasteiger partial charge in [-0.3, -0.25) is 4.79 Å². The minimum Gasteiger partial charge on any atom is -0.462 e. The van der Waals surface area contributed by atoms with Crippen molar-refractivity contribution in [3.05, 3.63) is 11.6 Å². The van der Waals surface area contributed by atoms with Gasteiger partial charge in [-0.25, -0.2) is 4.79 Å². The first kappa shape index (κ1) is 29.5. The van der Waals surface area contributed by atoms with Crippen LogP contribution in [0.25, 0.3) is 0 Å². The molecule has 41 heavy (non-hydrogen) atoms. The van der Waals surface area contributed by atoms with Crippen LogP contribution in [0.4, 0.5) is 0 Å². The largest absolute Gasteiger partial charge is 0.462 e. The predicted octanol–water partition coefficient (Wildman–Crippen LogP) is 3.68. The molecule has 4 saturated carbocycles. The third kappa shape index (κ3) is 4.69. The van der Waals surface area contributed by atoms with Crippen molar-refractivity contribution in [3.63, 3.8) is 0 Å². The topological polar surface area (TPSA) is 121 Å². The van der Waals surface area contributed by atoms with Gasteiger partial charge in [-0.05, 0) is 80.6 Å². The number of aliphatic hydroxyl groups excluding tert-OH is 1. The molecule has 0 bridgehead atoms. The number of hydrogen-bond acceptors (Lipinski definition) is 9.